The molecule has 0 spiro atoms. The number of rotatable bonds is 11. The van der Waals surface area contributed by atoms with Crippen molar-refractivity contribution in [2.75, 3.05) is 33.3 Å². The van der Waals surface area contributed by atoms with E-state index in [0.717, 1.165) is 5.01 Å². The molecule has 14 nitrogen and oxygen atoms in total. The molecule has 0 radical (unpaired) electrons. The van der Waals surface area contributed by atoms with Gasteiger partial charge in [0.15, 0.2) is 0 Å². The Balaban J connectivity index is 0.00000800. The van der Waals surface area contributed by atoms with Crippen molar-refractivity contribution in [2.45, 2.75) is 89.9 Å². The minimum atomic E-state index is -1.14. The summed E-state index contributed by atoms with van der Waals surface area (Å²) in [7, 11) is 1.27. The van der Waals surface area contributed by atoms with Crippen molar-refractivity contribution < 1.29 is 38.2 Å². The number of ether oxygens (including phenoxy) is 2. The van der Waals surface area contributed by atoms with Crippen molar-refractivity contribution >= 4 is 48.1 Å². The molecule has 228 valence electrons. The minimum absolute atomic E-state index is 0. The summed E-state index contributed by atoms with van der Waals surface area (Å²) in [6, 6.07) is -2.40. The normalized spacial score (nSPS) is 19.6. The van der Waals surface area contributed by atoms with Crippen LogP contribution in [-0.2, 0) is 33.4 Å². The fourth-order valence-corrected chi connectivity index (χ4v) is 4.76. The minimum Gasteiger partial charge on any atom is -0.463 e. The first-order chi connectivity index (χ1) is 18.5. The van der Waals surface area contributed by atoms with Crippen LogP contribution in [-0.4, -0.2) is 108 Å². The number of nitrogens with zero attached hydrogens (tertiary/aromatic N) is 3. The molecule has 40 heavy (non-hydrogen) atoms. The first-order valence-electron chi connectivity index (χ1n) is 13.5. The van der Waals surface area contributed by atoms with Crippen LogP contribution >= 0.6 is 12.4 Å². The number of esters is 1. The molecule has 2 rings (SSSR count). The first-order valence-corrected chi connectivity index (χ1v) is 13.5. The molecule has 0 saturated carbocycles. The molecule has 0 bridgehead atoms. The largest absolute Gasteiger partial charge is 0.463 e. The molecule has 2 aliphatic rings. The van der Waals surface area contributed by atoms with E-state index in [-0.39, 0.29) is 31.3 Å². The lowest BCUT2D eigenvalue weighted by molar-refractivity contribution is -0.154. The van der Waals surface area contributed by atoms with E-state index in [2.05, 4.69) is 10.7 Å². The van der Waals surface area contributed by atoms with Gasteiger partial charge in [0, 0.05) is 27.1 Å². The van der Waals surface area contributed by atoms with Gasteiger partial charge in [0.25, 0.3) is 5.91 Å². The second-order valence-electron chi connectivity index (χ2n) is 9.73. The van der Waals surface area contributed by atoms with Crippen LogP contribution < -0.4 is 16.5 Å². The Kier molecular flexibility index (Phi) is 14.7. The lowest BCUT2D eigenvalue weighted by Gasteiger charge is -2.30. The number of halogens is 1. The fourth-order valence-electron chi connectivity index (χ4n) is 4.76. The Bertz CT molecular complexity index is 922. The molecule has 5 amide bonds. The molecule has 2 saturated heterocycles. The van der Waals surface area contributed by atoms with E-state index in [0.29, 0.717) is 58.2 Å². The third kappa shape index (κ3) is 9.51. The summed E-state index contributed by atoms with van der Waals surface area (Å²) < 4.78 is 10.2. The number of hydrazine groups is 1. The summed E-state index contributed by atoms with van der Waals surface area (Å²) in [6.45, 7) is 5.92. The summed E-state index contributed by atoms with van der Waals surface area (Å²) in [4.78, 5) is 78.3. The fraction of sp³-hybridized carbons (Fsp3) is 0.760. The number of amides is 5. The van der Waals surface area contributed by atoms with Crippen LogP contribution in [0.2, 0.25) is 0 Å². The first kappa shape index (κ1) is 34.9. The van der Waals surface area contributed by atoms with Crippen molar-refractivity contribution in [3.05, 3.63) is 0 Å². The highest BCUT2D eigenvalue weighted by Gasteiger charge is 2.39. The number of hydrogen-bond donors (Lipinski definition) is 3. The molecule has 0 aromatic heterocycles. The Hall–Kier alpha value is -3.13. The van der Waals surface area contributed by atoms with Crippen LogP contribution in [0.15, 0.2) is 0 Å². The number of hydrogen-bond acceptors (Lipinski definition) is 9. The number of nitrogens with two attached hydrogens (primary N) is 1. The van der Waals surface area contributed by atoms with Crippen LogP contribution in [0, 0.1) is 0 Å². The Labute approximate surface area is 241 Å². The molecular weight excluding hydrogens is 548 g/mol. The number of likely N-dealkylation sites (tertiary alicyclic amines) is 2. The molecule has 2 fully saturated rings. The van der Waals surface area contributed by atoms with Crippen molar-refractivity contribution in [3.63, 3.8) is 0 Å². The Morgan fingerprint density at radius 2 is 1.60 bits per heavy atom. The molecule has 1 unspecified atom stereocenters. The van der Waals surface area contributed by atoms with Gasteiger partial charge >= 0.3 is 12.1 Å². The SMILES string of the molecule is CCOC(=O)C(CCCCN)OC(=O)N(C)NC(=O)[C@@H]1CCCN1C(=O)[C@H](C)NC(=O)[C@@H]1CCCN1C(C)=O.Cl. The van der Waals surface area contributed by atoms with Gasteiger partial charge in [-0.25, -0.2) is 14.6 Å². The topological polar surface area (TPSA) is 181 Å². The third-order valence-corrected chi connectivity index (χ3v) is 6.79. The molecule has 2 aliphatic heterocycles. The van der Waals surface area contributed by atoms with E-state index in [4.69, 9.17) is 15.2 Å². The zero-order chi connectivity index (χ0) is 29.1. The van der Waals surface area contributed by atoms with Gasteiger partial charge in [0.05, 0.1) is 6.61 Å². The predicted octanol–water partition coefficient (Wildman–Crippen LogP) is 0.0751. The zero-order valence-corrected chi connectivity index (χ0v) is 24.5. The average Bonchev–Trinajstić information content (AvgIpc) is 3.58. The highest BCUT2D eigenvalue weighted by molar-refractivity contribution is 5.94. The standard InChI is InChI=1S/C25H42N6O8.ClH/c1-5-38-24(36)20(12-6-7-13-26)39-25(37)29(4)28-22(34)19-11-9-15-31(19)23(35)16(2)27-21(33)18-10-8-14-30(18)17(3)32;/h16,18-20H,5-15,26H2,1-4H3,(H,27,33)(H,28,34);1H/t16-,18-,19-,20?;/m0./s1. The van der Waals surface area contributed by atoms with Crippen LogP contribution in [0.1, 0.15) is 65.7 Å². The van der Waals surface area contributed by atoms with Crippen molar-refractivity contribution in [2.24, 2.45) is 5.73 Å². The molecule has 2 heterocycles. The van der Waals surface area contributed by atoms with Gasteiger partial charge in [-0.2, -0.15) is 0 Å². The van der Waals surface area contributed by atoms with Gasteiger partial charge in [-0.15, -0.1) is 12.4 Å². The summed E-state index contributed by atoms with van der Waals surface area (Å²) in [6.07, 6.45) is 1.46. The number of carbonyl (C=O) groups excluding carboxylic acids is 6. The second kappa shape index (κ2) is 16.9. The number of unbranched alkanes of at least 4 members (excludes halogenated alkanes) is 1. The second-order valence-corrected chi connectivity index (χ2v) is 9.73. The maximum Gasteiger partial charge on any atom is 0.429 e. The highest BCUT2D eigenvalue weighted by Crippen LogP contribution is 2.20. The highest BCUT2D eigenvalue weighted by atomic mass is 35.5. The van der Waals surface area contributed by atoms with Gasteiger partial charge in [-0.05, 0) is 65.3 Å². The van der Waals surface area contributed by atoms with Crippen molar-refractivity contribution in [1.82, 2.24) is 25.6 Å². The lowest BCUT2D eigenvalue weighted by Crippen LogP contribution is -2.57. The molecular formula is C25H43ClN6O8. The van der Waals surface area contributed by atoms with Gasteiger partial charge < -0.3 is 30.3 Å². The van der Waals surface area contributed by atoms with E-state index >= 15 is 0 Å². The maximum atomic E-state index is 13.1. The third-order valence-electron chi connectivity index (χ3n) is 6.79. The van der Waals surface area contributed by atoms with Gasteiger partial charge in [-0.1, -0.05) is 0 Å². The summed E-state index contributed by atoms with van der Waals surface area (Å²) in [5, 5.41) is 3.49. The Morgan fingerprint density at radius 1 is 1.00 bits per heavy atom. The van der Waals surface area contributed by atoms with Gasteiger partial charge in [0.2, 0.25) is 23.8 Å². The Morgan fingerprint density at radius 3 is 2.17 bits per heavy atom. The monoisotopic (exact) mass is 590 g/mol. The zero-order valence-electron chi connectivity index (χ0n) is 23.7. The quantitative estimate of drug-likeness (QED) is 0.170. The molecule has 15 heteroatoms. The number of carbonyl (C=O) groups is 6. The lowest BCUT2D eigenvalue weighted by atomic mass is 10.1. The van der Waals surface area contributed by atoms with Crippen molar-refractivity contribution in [1.29, 1.82) is 0 Å². The summed E-state index contributed by atoms with van der Waals surface area (Å²) in [5.74, 6) is -2.34. The van der Waals surface area contributed by atoms with Crippen LogP contribution in [0.3, 0.4) is 0 Å². The summed E-state index contributed by atoms with van der Waals surface area (Å²) in [5.41, 5.74) is 7.91. The smallest absolute Gasteiger partial charge is 0.429 e. The average molecular weight is 591 g/mol. The molecule has 0 aromatic carbocycles. The molecule has 0 aromatic rings. The van der Waals surface area contributed by atoms with Crippen LogP contribution in [0.25, 0.3) is 0 Å². The molecule has 4 atom stereocenters. The van der Waals surface area contributed by atoms with Gasteiger partial charge in [-0.3, -0.25) is 24.6 Å². The van der Waals surface area contributed by atoms with E-state index in [1.807, 2.05) is 0 Å². The van der Waals surface area contributed by atoms with E-state index in [1.165, 1.54) is 30.7 Å². The molecule has 4 N–H and O–H groups in total. The van der Waals surface area contributed by atoms with E-state index < -0.39 is 54.0 Å². The van der Waals surface area contributed by atoms with Gasteiger partial charge in [0.1, 0.15) is 18.1 Å². The van der Waals surface area contributed by atoms with E-state index in [1.54, 1.807) is 6.92 Å². The van der Waals surface area contributed by atoms with Crippen molar-refractivity contribution in [3.8, 4) is 0 Å². The van der Waals surface area contributed by atoms with E-state index in [9.17, 15) is 28.8 Å². The summed E-state index contributed by atoms with van der Waals surface area (Å²) >= 11 is 0. The van der Waals surface area contributed by atoms with Crippen LogP contribution in [0.5, 0.6) is 0 Å². The maximum absolute atomic E-state index is 13.1. The van der Waals surface area contributed by atoms with Crippen LogP contribution in [0.4, 0.5) is 4.79 Å². The predicted molar refractivity (Wildman–Crippen MR) is 146 cm³/mol. The molecule has 0 aliphatic carbocycles. The number of nitrogens with one attached hydrogen (secondary N) is 2.